The Morgan fingerprint density at radius 1 is 1.50 bits per heavy atom. The van der Waals surface area contributed by atoms with Crippen LogP contribution in [0.4, 0.5) is 4.39 Å². The SMILES string of the molecule is CCCN1CCOC(C(O)Cc2cc(F)cc(Br)c2)C1. The van der Waals surface area contributed by atoms with Crippen LogP contribution in [0.3, 0.4) is 0 Å². The lowest BCUT2D eigenvalue weighted by molar-refractivity contribution is -0.0877. The number of rotatable bonds is 5. The van der Waals surface area contributed by atoms with Crippen molar-refractivity contribution in [3.05, 3.63) is 34.1 Å². The van der Waals surface area contributed by atoms with Crippen LogP contribution in [0, 0.1) is 5.82 Å². The molecular formula is C15H21BrFNO2. The minimum atomic E-state index is -0.608. The van der Waals surface area contributed by atoms with Crippen molar-refractivity contribution in [2.24, 2.45) is 0 Å². The van der Waals surface area contributed by atoms with Crippen LogP contribution >= 0.6 is 15.9 Å². The Morgan fingerprint density at radius 2 is 2.30 bits per heavy atom. The summed E-state index contributed by atoms with van der Waals surface area (Å²) in [6.45, 7) is 5.48. The highest BCUT2D eigenvalue weighted by Crippen LogP contribution is 2.18. The number of hydrogen-bond donors (Lipinski definition) is 1. The lowest BCUT2D eigenvalue weighted by Crippen LogP contribution is -2.48. The molecule has 0 bridgehead atoms. The first-order valence-electron chi connectivity index (χ1n) is 7.05. The Morgan fingerprint density at radius 3 is 3.00 bits per heavy atom. The summed E-state index contributed by atoms with van der Waals surface area (Å²) in [4.78, 5) is 2.30. The molecule has 5 heteroatoms. The van der Waals surface area contributed by atoms with Gasteiger partial charge >= 0.3 is 0 Å². The second kappa shape index (κ2) is 7.50. The van der Waals surface area contributed by atoms with Crippen LogP contribution in [0.2, 0.25) is 0 Å². The van der Waals surface area contributed by atoms with Gasteiger partial charge in [0.2, 0.25) is 0 Å². The van der Waals surface area contributed by atoms with Crippen LogP contribution in [0.25, 0.3) is 0 Å². The summed E-state index contributed by atoms with van der Waals surface area (Å²) in [5.74, 6) is -0.293. The van der Waals surface area contributed by atoms with Gasteiger partial charge in [-0.25, -0.2) is 4.39 Å². The molecule has 1 aliphatic rings. The number of morpholine rings is 1. The van der Waals surface area contributed by atoms with Crippen molar-refractivity contribution in [3.63, 3.8) is 0 Å². The summed E-state index contributed by atoms with van der Waals surface area (Å²) in [6, 6.07) is 4.70. The van der Waals surface area contributed by atoms with Crippen LogP contribution in [-0.2, 0) is 11.2 Å². The molecule has 112 valence electrons. The van der Waals surface area contributed by atoms with Crippen molar-refractivity contribution >= 4 is 15.9 Å². The maximum atomic E-state index is 13.3. The molecule has 1 N–H and O–H groups in total. The molecule has 0 saturated carbocycles. The highest BCUT2D eigenvalue weighted by atomic mass is 79.9. The van der Waals surface area contributed by atoms with Gasteiger partial charge in [0.05, 0.1) is 18.8 Å². The predicted molar refractivity (Wildman–Crippen MR) is 80.3 cm³/mol. The van der Waals surface area contributed by atoms with Crippen molar-refractivity contribution in [1.29, 1.82) is 0 Å². The van der Waals surface area contributed by atoms with Gasteiger partial charge < -0.3 is 9.84 Å². The van der Waals surface area contributed by atoms with E-state index in [0.717, 1.165) is 31.6 Å². The zero-order chi connectivity index (χ0) is 14.5. The van der Waals surface area contributed by atoms with Crippen LogP contribution in [0.15, 0.2) is 22.7 Å². The van der Waals surface area contributed by atoms with Gasteiger partial charge in [-0.2, -0.15) is 0 Å². The molecule has 20 heavy (non-hydrogen) atoms. The van der Waals surface area contributed by atoms with Gasteiger partial charge in [0, 0.05) is 24.0 Å². The Bertz CT molecular complexity index is 422. The van der Waals surface area contributed by atoms with Gasteiger partial charge in [-0.15, -0.1) is 0 Å². The van der Waals surface area contributed by atoms with E-state index in [-0.39, 0.29) is 11.9 Å². The third kappa shape index (κ3) is 4.52. The molecule has 1 fully saturated rings. The summed E-state index contributed by atoms with van der Waals surface area (Å²) in [5.41, 5.74) is 0.778. The Kier molecular flexibility index (Phi) is 5.96. The molecular weight excluding hydrogens is 325 g/mol. The number of benzene rings is 1. The summed E-state index contributed by atoms with van der Waals surface area (Å²) in [7, 11) is 0. The van der Waals surface area contributed by atoms with Gasteiger partial charge in [-0.1, -0.05) is 22.9 Å². The van der Waals surface area contributed by atoms with Crippen LogP contribution in [0.1, 0.15) is 18.9 Å². The zero-order valence-electron chi connectivity index (χ0n) is 11.7. The summed E-state index contributed by atoms with van der Waals surface area (Å²) in [6.07, 6.45) is 0.696. The lowest BCUT2D eigenvalue weighted by Gasteiger charge is -2.35. The second-order valence-electron chi connectivity index (χ2n) is 5.26. The average molecular weight is 346 g/mol. The molecule has 1 aliphatic heterocycles. The fourth-order valence-corrected chi connectivity index (χ4v) is 3.10. The van der Waals surface area contributed by atoms with Gasteiger partial charge in [-0.3, -0.25) is 4.90 Å². The molecule has 1 heterocycles. The Hall–Kier alpha value is -0.490. The third-order valence-electron chi connectivity index (χ3n) is 3.51. The highest BCUT2D eigenvalue weighted by molar-refractivity contribution is 9.10. The third-order valence-corrected chi connectivity index (χ3v) is 3.97. The van der Waals surface area contributed by atoms with Crippen LogP contribution < -0.4 is 0 Å². The molecule has 1 saturated heterocycles. The van der Waals surface area contributed by atoms with Crippen molar-refractivity contribution in [2.75, 3.05) is 26.2 Å². The standard InChI is InChI=1S/C15H21BrFNO2/c1-2-3-18-4-5-20-15(10-18)14(19)8-11-6-12(16)9-13(17)7-11/h6-7,9,14-15,19H,2-5,8,10H2,1H3. The van der Waals surface area contributed by atoms with Gasteiger partial charge in [0.25, 0.3) is 0 Å². The Labute approximate surface area is 127 Å². The molecule has 2 rings (SSSR count). The second-order valence-corrected chi connectivity index (χ2v) is 6.17. The van der Waals surface area contributed by atoms with Gasteiger partial charge in [0.15, 0.2) is 0 Å². The first-order chi connectivity index (χ1) is 9.58. The molecule has 0 aromatic heterocycles. The van der Waals surface area contributed by atoms with E-state index >= 15 is 0 Å². The van der Waals surface area contributed by atoms with Crippen molar-refractivity contribution in [1.82, 2.24) is 4.90 Å². The minimum absolute atomic E-state index is 0.197. The number of hydrogen-bond acceptors (Lipinski definition) is 3. The number of nitrogens with zero attached hydrogens (tertiary/aromatic N) is 1. The van der Waals surface area contributed by atoms with E-state index in [2.05, 4.69) is 27.8 Å². The van der Waals surface area contributed by atoms with E-state index in [4.69, 9.17) is 4.74 Å². The Balaban J connectivity index is 1.95. The largest absolute Gasteiger partial charge is 0.390 e. The van der Waals surface area contributed by atoms with E-state index in [9.17, 15) is 9.50 Å². The fourth-order valence-electron chi connectivity index (χ4n) is 2.59. The molecule has 0 spiro atoms. The molecule has 3 nitrogen and oxygen atoms in total. The first kappa shape index (κ1) is 15.9. The zero-order valence-corrected chi connectivity index (χ0v) is 13.3. The molecule has 1 aromatic rings. The van der Waals surface area contributed by atoms with Crippen LogP contribution in [-0.4, -0.2) is 48.5 Å². The highest BCUT2D eigenvalue weighted by Gasteiger charge is 2.26. The van der Waals surface area contributed by atoms with E-state index < -0.39 is 6.10 Å². The maximum absolute atomic E-state index is 13.3. The maximum Gasteiger partial charge on any atom is 0.124 e. The van der Waals surface area contributed by atoms with E-state index in [1.165, 1.54) is 12.1 Å². The van der Waals surface area contributed by atoms with Gasteiger partial charge in [-0.05, 0) is 36.7 Å². The van der Waals surface area contributed by atoms with E-state index in [1.807, 2.05) is 6.07 Å². The minimum Gasteiger partial charge on any atom is -0.390 e. The first-order valence-corrected chi connectivity index (χ1v) is 7.84. The quantitative estimate of drug-likeness (QED) is 0.890. The topological polar surface area (TPSA) is 32.7 Å². The van der Waals surface area contributed by atoms with Crippen LogP contribution in [0.5, 0.6) is 0 Å². The van der Waals surface area contributed by atoms with Gasteiger partial charge in [0.1, 0.15) is 5.82 Å². The van der Waals surface area contributed by atoms with E-state index in [1.54, 1.807) is 0 Å². The van der Waals surface area contributed by atoms with Crippen molar-refractivity contribution < 1.29 is 14.2 Å². The smallest absolute Gasteiger partial charge is 0.124 e. The summed E-state index contributed by atoms with van der Waals surface area (Å²) >= 11 is 3.27. The fraction of sp³-hybridized carbons (Fsp3) is 0.600. The number of aliphatic hydroxyl groups excluding tert-OH is 1. The number of ether oxygens (including phenoxy) is 1. The molecule has 2 unspecified atom stereocenters. The normalized spacial score (nSPS) is 21.9. The number of halogens is 2. The van der Waals surface area contributed by atoms with Crippen molar-refractivity contribution in [2.45, 2.75) is 32.0 Å². The molecule has 0 radical (unpaired) electrons. The lowest BCUT2D eigenvalue weighted by atomic mass is 10.0. The summed E-state index contributed by atoms with van der Waals surface area (Å²) < 4.78 is 19.7. The monoisotopic (exact) mass is 345 g/mol. The molecule has 2 atom stereocenters. The van der Waals surface area contributed by atoms with Crippen molar-refractivity contribution in [3.8, 4) is 0 Å². The summed E-state index contributed by atoms with van der Waals surface area (Å²) in [5, 5.41) is 10.3. The molecule has 1 aromatic carbocycles. The molecule has 0 amide bonds. The predicted octanol–water partition coefficient (Wildman–Crippen LogP) is 2.60. The molecule has 0 aliphatic carbocycles. The number of aliphatic hydroxyl groups is 1. The average Bonchev–Trinajstić information content (AvgIpc) is 2.38. The van der Waals surface area contributed by atoms with E-state index in [0.29, 0.717) is 17.5 Å².